The topological polar surface area (TPSA) is 24.9 Å². The van der Waals surface area contributed by atoms with E-state index in [4.69, 9.17) is 0 Å². The van der Waals surface area contributed by atoms with Crippen molar-refractivity contribution < 1.29 is 0 Å². The molecule has 100 valence electrons. The summed E-state index contributed by atoms with van der Waals surface area (Å²) in [6.07, 6.45) is 10.1. The fraction of sp³-hybridized carbons (Fsp3) is 0.688. The molecule has 1 N–H and O–H groups in total. The van der Waals surface area contributed by atoms with Gasteiger partial charge in [-0.05, 0) is 49.9 Å². The highest BCUT2D eigenvalue weighted by molar-refractivity contribution is 5.17. The molecule has 1 aromatic rings. The number of aryl methyl sites for hydroxylation is 1. The zero-order valence-electron chi connectivity index (χ0n) is 11.8. The molecule has 1 atom stereocenters. The summed E-state index contributed by atoms with van der Waals surface area (Å²) >= 11 is 0. The van der Waals surface area contributed by atoms with Crippen LogP contribution in [0.4, 0.5) is 0 Å². The van der Waals surface area contributed by atoms with E-state index in [1.807, 2.05) is 6.20 Å². The highest BCUT2D eigenvalue weighted by Crippen LogP contribution is 2.32. The average molecular weight is 246 g/mol. The number of hydrogen-bond acceptors (Lipinski definition) is 2. The molecule has 1 aromatic heterocycles. The summed E-state index contributed by atoms with van der Waals surface area (Å²) in [7, 11) is 0. The Bertz CT molecular complexity index is 356. The fourth-order valence-electron chi connectivity index (χ4n) is 2.96. The van der Waals surface area contributed by atoms with Gasteiger partial charge in [-0.25, -0.2) is 0 Å². The number of hydrogen-bond donors (Lipinski definition) is 1. The second-order valence-electron chi connectivity index (χ2n) is 5.65. The zero-order chi connectivity index (χ0) is 12.8. The van der Waals surface area contributed by atoms with Gasteiger partial charge in [0.1, 0.15) is 0 Å². The maximum Gasteiger partial charge on any atom is 0.0575 e. The highest BCUT2D eigenvalue weighted by Gasteiger charge is 2.21. The minimum Gasteiger partial charge on any atom is -0.309 e. The Morgan fingerprint density at radius 2 is 2.17 bits per heavy atom. The predicted octanol–water partition coefficient (Wildman–Crippen LogP) is 4.01. The van der Waals surface area contributed by atoms with Crippen LogP contribution in [0.5, 0.6) is 0 Å². The van der Waals surface area contributed by atoms with E-state index in [1.165, 1.54) is 49.8 Å². The van der Waals surface area contributed by atoms with E-state index in [1.54, 1.807) is 0 Å². The molecular formula is C16H26N2. The SMILES string of the molecule is CCCNC(CC1CCCC1)c1cc(C)ccn1. The van der Waals surface area contributed by atoms with Crippen molar-refractivity contribution in [3.8, 4) is 0 Å². The third kappa shape index (κ3) is 3.81. The van der Waals surface area contributed by atoms with Gasteiger partial charge in [-0.3, -0.25) is 4.98 Å². The molecular weight excluding hydrogens is 220 g/mol. The molecule has 0 bridgehead atoms. The van der Waals surface area contributed by atoms with Gasteiger partial charge in [-0.15, -0.1) is 0 Å². The maximum atomic E-state index is 4.57. The van der Waals surface area contributed by atoms with E-state index in [2.05, 4.69) is 36.3 Å². The van der Waals surface area contributed by atoms with Crippen molar-refractivity contribution in [3.05, 3.63) is 29.6 Å². The third-order valence-electron chi connectivity index (χ3n) is 3.98. The van der Waals surface area contributed by atoms with E-state index in [9.17, 15) is 0 Å². The van der Waals surface area contributed by atoms with Crippen molar-refractivity contribution in [2.45, 2.75) is 58.4 Å². The smallest absolute Gasteiger partial charge is 0.0575 e. The molecule has 1 aliphatic rings. The molecule has 1 heterocycles. The van der Waals surface area contributed by atoms with Crippen LogP contribution >= 0.6 is 0 Å². The monoisotopic (exact) mass is 246 g/mol. The van der Waals surface area contributed by atoms with Crippen LogP contribution in [0.1, 0.15) is 62.7 Å². The van der Waals surface area contributed by atoms with Crippen molar-refractivity contribution in [1.29, 1.82) is 0 Å². The minimum atomic E-state index is 0.452. The van der Waals surface area contributed by atoms with Crippen LogP contribution < -0.4 is 5.32 Å². The van der Waals surface area contributed by atoms with E-state index in [0.29, 0.717) is 6.04 Å². The van der Waals surface area contributed by atoms with E-state index >= 15 is 0 Å². The van der Waals surface area contributed by atoms with Gasteiger partial charge in [-0.2, -0.15) is 0 Å². The number of nitrogens with zero attached hydrogens (tertiary/aromatic N) is 1. The lowest BCUT2D eigenvalue weighted by Gasteiger charge is -2.21. The van der Waals surface area contributed by atoms with Gasteiger partial charge >= 0.3 is 0 Å². The van der Waals surface area contributed by atoms with Gasteiger partial charge in [0.2, 0.25) is 0 Å². The second kappa shape index (κ2) is 6.89. The first-order chi connectivity index (χ1) is 8.79. The van der Waals surface area contributed by atoms with Gasteiger partial charge in [0, 0.05) is 12.2 Å². The molecule has 2 rings (SSSR count). The number of pyridine rings is 1. The Kier molecular flexibility index (Phi) is 5.18. The normalized spacial score (nSPS) is 18.1. The van der Waals surface area contributed by atoms with Crippen molar-refractivity contribution >= 4 is 0 Å². The Labute approximate surface area is 111 Å². The summed E-state index contributed by atoms with van der Waals surface area (Å²) in [5, 5.41) is 3.68. The summed E-state index contributed by atoms with van der Waals surface area (Å²) in [6, 6.07) is 4.77. The molecule has 1 saturated carbocycles. The molecule has 0 amide bonds. The molecule has 0 radical (unpaired) electrons. The van der Waals surface area contributed by atoms with Gasteiger partial charge in [0.05, 0.1) is 5.69 Å². The van der Waals surface area contributed by atoms with E-state index in [0.717, 1.165) is 12.5 Å². The Morgan fingerprint density at radius 3 is 2.83 bits per heavy atom. The Hall–Kier alpha value is -0.890. The lowest BCUT2D eigenvalue weighted by molar-refractivity contribution is 0.389. The Morgan fingerprint density at radius 1 is 1.39 bits per heavy atom. The fourth-order valence-corrected chi connectivity index (χ4v) is 2.96. The first-order valence-corrected chi connectivity index (χ1v) is 7.45. The van der Waals surface area contributed by atoms with Gasteiger partial charge in [0.25, 0.3) is 0 Å². The molecule has 18 heavy (non-hydrogen) atoms. The summed E-state index contributed by atoms with van der Waals surface area (Å²) in [4.78, 5) is 4.57. The molecule has 2 heteroatoms. The van der Waals surface area contributed by atoms with Crippen molar-refractivity contribution in [3.63, 3.8) is 0 Å². The third-order valence-corrected chi connectivity index (χ3v) is 3.98. The van der Waals surface area contributed by atoms with Crippen LogP contribution in [-0.2, 0) is 0 Å². The molecule has 1 unspecified atom stereocenters. The summed E-state index contributed by atoms with van der Waals surface area (Å²) in [6.45, 7) is 5.47. The quantitative estimate of drug-likeness (QED) is 0.820. The standard InChI is InChI=1S/C16H26N2/c1-3-9-17-16(12-14-6-4-5-7-14)15-11-13(2)8-10-18-15/h8,10-11,14,16-17H,3-7,9,12H2,1-2H3. The predicted molar refractivity (Wildman–Crippen MR) is 76.6 cm³/mol. The van der Waals surface area contributed by atoms with Gasteiger partial charge < -0.3 is 5.32 Å². The van der Waals surface area contributed by atoms with Crippen LogP contribution in [0, 0.1) is 12.8 Å². The summed E-state index contributed by atoms with van der Waals surface area (Å²) in [5.41, 5.74) is 2.55. The number of nitrogens with one attached hydrogen (secondary N) is 1. The summed E-state index contributed by atoms with van der Waals surface area (Å²) < 4.78 is 0. The molecule has 1 fully saturated rings. The van der Waals surface area contributed by atoms with Gasteiger partial charge in [-0.1, -0.05) is 32.6 Å². The highest BCUT2D eigenvalue weighted by atomic mass is 14.9. The van der Waals surface area contributed by atoms with Crippen LogP contribution in [0.3, 0.4) is 0 Å². The first kappa shape index (κ1) is 13.5. The lowest BCUT2D eigenvalue weighted by Crippen LogP contribution is -2.25. The molecule has 0 aliphatic heterocycles. The second-order valence-corrected chi connectivity index (χ2v) is 5.65. The lowest BCUT2D eigenvalue weighted by atomic mass is 9.95. The van der Waals surface area contributed by atoms with Crippen LogP contribution in [0.15, 0.2) is 18.3 Å². The molecule has 0 saturated heterocycles. The largest absolute Gasteiger partial charge is 0.309 e. The maximum absolute atomic E-state index is 4.57. The number of rotatable bonds is 6. The van der Waals surface area contributed by atoms with Gasteiger partial charge in [0.15, 0.2) is 0 Å². The Balaban J connectivity index is 2.03. The van der Waals surface area contributed by atoms with Crippen molar-refractivity contribution in [2.75, 3.05) is 6.54 Å². The molecule has 2 nitrogen and oxygen atoms in total. The van der Waals surface area contributed by atoms with Crippen LogP contribution in [0.25, 0.3) is 0 Å². The van der Waals surface area contributed by atoms with Crippen molar-refractivity contribution in [1.82, 2.24) is 10.3 Å². The van der Waals surface area contributed by atoms with E-state index < -0.39 is 0 Å². The zero-order valence-corrected chi connectivity index (χ0v) is 11.8. The molecule has 0 aromatic carbocycles. The first-order valence-electron chi connectivity index (χ1n) is 7.45. The van der Waals surface area contributed by atoms with Crippen molar-refractivity contribution in [2.24, 2.45) is 5.92 Å². The molecule has 1 aliphatic carbocycles. The van der Waals surface area contributed by atoms with Crippen LogP contribution in [-0.4, -0.2) is 11.5 Å². The van der Waals surface area contributed by atoms with Crippen LogP contribution in [0.2, 0.25) is 0 Å². The minimum absolute atomic E-state index is 0.452. The van der Waals surface area contributed by atoms with E-state index in [-0.39, 0.29) is 0 Å². The molecule has 0 spiro atoms. The summed E-state index contributed by atoms with van der Waals surface area (Å²) in [5.74, 6) is 0.904. The average Bonchev–Trinajstić information content (AvgIpc) is 2.87. The number of aromatic nitrogens is 1.